The maximum Gasteiger partial charge on any atom is 0.255 e. The first-order valence-electron chi connectivity index (χ1n) is 12.3. The Morgan fingerprint density at radius 2 is 1.92 bits per heavy atom. The number of rotatable bonds is 4. The Morgan fingerprint density at radius 1 is 1.11 bits per heavy atom. The van der Waals surface area contributed by atoms with Crippen molar-refractivity contribution in [3.05, 3.63) is 47.8 Å². The van der Waals surface area contributed by atoms with E-state index in [9.17, 15) is 4.79 Å². The number of H-pyrrole nitrogens is 1. The maximum absolute atomic E-state index is 13.4. The number of aromatic nitrogens is 7. The molecule has 0 aliphatic carbocycles. The number of likely N-dealkylation sites (N-methyl/N-ethyl adjacent to an activating group) is 1. The van der Waals surface area contributed by atoms with Gasteiger partial charge in [-0.25, -0.2) is 9.67 Å². The zero-order valence-electron chi connectivity index (χ0n) is 21.3. The van der Waals surface area contributed by atoms with E-state index in [-0.39, 0.29) is 11.9 Å². The third kappa shape index (κ3) is 3.99. The summed E-state index contributed by atoms with van der Waals surface area (Å²) >= 11 is 0. The first kappa shape index (κ1) is 23.1. The van der Waals surface area contributed by atoms with Gasteiger partial charge in [0.2, 0.25) is 5.95 Å². The number of fused-ring (bicyclic) bond motifs is 2. The molecule has 2 aliphatic rings. The molecular formula is C25H29N11O. The zero-order valence-corrected chi connectivity index (χ0v) is 21.3. The average Bonchev–Trinajstić information content (AvgIpc) is 3.56. The van der Waals surface area contributed by atoms with Crippen LogP contribution in [-0.2, 0) is 4.79 Å². The Morgan fingerprint density at radius 3 is 2.73 bits per heavy atom. The number of anilines is 3. The van der Waals surface area contributed by atoms with Crippen LogP contribution < -0.4 is 15.1 Å². The van der Waals surface area contributed by atoms with Gasteiger partial charge in [-0.05, 0) is 61.7 Å². The van der Waals surface area contributed by atoms with Crippen LogP contribution in [0.1, 0.15) is 19.9 Å². The molecule has 0 unspecified atom stereocenters. The van der Waals surface area contributed by atoms with Crippen molar-refractivity contribution >= 4 is 34.3 Å². The van der Waals surface area contributed by atoms with Gasteiger partial charge in [-0.2, -0.15) is 5.10 Å². The minimum atomic E-state index is -0.292. The highest BCUT2D eigenvalue weighted by molar-refractivity contribution is 6.07. The van der Waals surface area contributed by atoms with Gasteiger partial charge in [0.15, 0.2) is 0 Å². The third-order valence-corrected chi connectivity index (χ3v) is 7.36. The molecule has 190 valence electrons. The number of benzene rings is 1. The van der Waals surface area contributed by atoms with E-state index in [2.05, 4.69) is 58.9 Å². The predicted molar refractivity (Wildman–Crippen MR) is 141 cm³/mol. The second kappa shape index (κ2) is 8.96. The molecule has 2 aliphatic heterocycles. The lowest BCUT2D eigenvalue weighted by Gasteiger charge is -2.33. The molecule has 0 spiro atoms. The number of nitrogens with zero attached hydrogens (tertiary/aromatic N) is 9. The van der Waals surface area contributed by atoms with Gasteiger partial charge in [0, 0.05) is 61.8 Å². The van der Waals surface area contributed by atoms with Gasteiger partial charge in [-0.15, -0.1) is 0 Å². The van der Waals surface area contributed by atoms with Crippen LogP contribution in [0.2, 0.25) is 0 Å². The normalized spacial score (nSPS) is 18.4. The van der Waals surface area contributed by atoms with Gasteiger partial charge in [-0.1, -0.05) is 5.10 Å². The van der Waals surface area contributed by atoms with Gasteiger partial charge in [0.25, 0.3) is 5.91 Å². The van der Waals surface area contributed by atoms with Gasteiger partial charge >= 0.3 is 0 Å². The molecule has 0 saturated carbocycles. The first-order valence-corrected chi connectivity index (χ1v) is 12.3. The van der Waals surface area contributed by atoms with Crippen LogP contribution in [-0.4, -0.2) is 86.5 Å². The Hall–Kier alpha value is -4.32. The molecule has 6 rings (SSSR count). The van der Waals surface area contributed by atoms with Crippen LogP contribution in [0.5, 0.6) is 0 Å². The molecule has 5 heterocycles. The van der Waals surface area contributed by atoms with E-state index >= 15 is 0 Å². The minimum Gasteiger partial charge on any atom is -0.354 e. The van der Waals surface area contributed by atoms with Crippen molar-refractivity contribution in [1.29, 1.82) is 0 Å². The largest absolute Gasteiger partial charge is 0.354 e. The molecule has 1 saturated heterocycles. The highest BCUT2D eigenvalue weighted by atomic mass is 16.1. The molecule has 2 N–H and O–H groups in total. The first-order chi connectivity index (χ1) is 17.9. The lowest BCUT2D eigenvalue weighted by atomic mass is 10.0. The van der Waals surface area contributed by atoms with Crippen molar-refractivity contribution in [3.63, 3.8) is 0 Å². The summed E-state index contributed by atoms with van der Waals surface area (Å²) in [6, 6.07) is 9.53. The summed E-state index contributed by atoms with van der Waals surface area (Å²) in [5.41, 5.74) is 4.80. The molecular weight excluding hydrogens is 470 g/mol. The summed E-state index contributed by atoms with van der Waals surface area (Å²) in [7, 11) is 3.99. The van der Waals surface area contributed by atoms with Crippen LogP contribution in [0.25, 0.3) is 22.2 Å². The second-order valence-electron chi connectivity index (χ2n) is 9.64. The number of nitrogens with one attached hydrogen (secondary N) is 2. The van der Waals surface area contributed by atoms with Crippen molar-refractivity contribution in [2.45, 2.75) is 19.9 Å². The van der Waals surface area contributed by atoms with E-state index in [4.69, 9.17) is 0 Å². The summed E-state index contributed by atoms with van der Waals surface area (Å²) in [4.78, 5) is 24.5. The van der Waals surface area contributed by atoms with Crippen LogP contribution >= 0.6 is 0 Å². The van der Waals surface area contributed by atoms with Crippen LogP contribution in [0.3, 0.4) is 0 Å². The number of hydrogen-bond acceptors (Lipinski definition) is 9. The number of hydrogen-bond donors (Lipinski definition) is 2. The number of piperazine rings is 1. The van der Waals surface area contributed by atoms with Crippen LogP contribution in [0.15, 0.2) is 47.8 Å². The molecule has 1 aromatic carbocycles. The monoisotopic (exact) mass is 499 g/mol. The predicted octanol–water partition coefficient (Wildman–Crippen LogP) is 2.29. The number of carbonyl (C=O) groups excluding carboxylic acids is 1. The van der Waals surface area contributed by atoms with Crippen molar-refractivity contribution < 1.29 is 4.79 Å². The number of aromatic amines is 1. The molecule has 3 aromatic heterocycles. The van der Waals surface area contributed by atoms with Gasteiger partial charge in [0.05, 0.1) is 17.1 Å². The lowest BCUT2D eigenvalue weighted by molar-refractivity contribution is -0.113. The maximum atomic E-state index is 13.4. The van der Waals surface area contributed by atoms with E-state index in [0.29, 0.717) is 17.2 Å². The number of allylic oxidation sites excluding steroid dienone is 1. The summed E-state index contributed by atoms with van der Waals surface area (Å²) < 4.78 is 1.65. The number of amides is 1. The molecule has 4 aromatic rings. The molecule has 37 heavy (non-hydrogen) atoms. The fourth-order valence-electron chi connectivity index (χ4n) is 5.05. The Balaban J connectivity index is 1.28. The lowest BCUT2D eigenvalue weighted by Crippen LogP contribution is -2.44. The van der Waals surface area contributed by atoms with E-state index < -0.39 is 0 Å². The summed E-state index contributed by atoms with van der Waals surface area (Å²) in [6.07, 6.45) is 1.83. The standard InChI is InChI=1S/C25H29N11O/c1-15-22(16(2)36-25(34(15)4)30-31-32-36)24(37)27-18-5-6-20-19(14-18)23(29-28-20)17-7-8-26-21(13-17)35-11-9-33(3)10-12-35/h5-8,13-14,16H,9-12H2,1-4H3,(H,27,37)(H,28,29)/t16-/m0/s1. The van der Waals surface area contributed by atoms with Crippen LogP contribution in [0, 0.1) is 0 Å². The number of carbonyl (C=O) groups is 1. The fourth-order valence-corrected chi connectivity index (χ4v) is 5.05. The second-order valence-corrected chi connectivity index (χ2v) is 9.64. The SMILES string of the molecule is CC1=C(C(=O)Nc2ccc3[nH]nc(-c4ccnc(N5CCN(C)CC5)c4)c3c2)[C@H](C)n2nnnc2N1C. The Labute approximate surface area is 213 Å². The molecule has 1 fully saturated rings. The Bertz CT molecular complexity index is 1510. The van der Waals surface area contributed by atoms with E-state index in [1.54, 1.807) is 4.68 Å². The van der Waals surface area contributed by atoms with Gasteiger partial charge < -0.3 is 20.0 Å². The van der Waals surface area contributed by atoms with Crippen LogP contribution in [0.4, 0.5) is 17.5 Å². The minimum absolute atomic E-state index is 0.191. The van der Waals surface area contributed by atoms with E-state index in [1.807, 2.05) is 56.3 Å². The topological polar surface area (TPSA) is 124 Å². The van der Waals surface area contributed by atoms with Crippen molar-refractivity contribution in [2.24, 2.45) is 0 Å². The van der Waals surface area contributed by atoms with Gasteiger partial charge in [-0.3, -0.25) is 9.89 Å². The number of tetrazole rings is 1. The quantitative estimate of drug-likeness (QED) is 0.435. The Kier molecular flexibility index (Phi) is 5.60. The molecule has 12 nitrogen and oxygen atoms in total. The average molecular weight is 500 g/mol. The smallest absolute Gasteiger partial charge is 0.255 e. The fraction of sp³-hybridized carbons (Fsp3) is 0.360. The van der Waals surface area contributed by atoms with E-state index in [1.165, 1.54) is 0 Å². The zero-order chi connectivity index (χ0) is 25.7. The van der Waals surface area contributed by atoms with Gasteiger partial charge in [0.1, 0.15) is 11.5 Å². The molecule has 0 radical (unpaired) electrons. The third-order valence-electron chi connectivity index (χ3n) is 7.36. The highest BCUT2D eigenvalue weighted by Crippen LogP contribution is 2.34. The molecule has 1 amide bonds. The number of pyridine rings is 1. The molecule has 0 bridgehead atoms. The summed E-state index contributed by atoms with van der Waals surface area (Å²) in [5.74, 6) is 1.37. The summed E-state index contributed by atoms with van der Waals surface area (Å²) in [6.45, 7) is 7.74. The van der Waals surface area contributed by atoms with E-state index in [0.717, 1.165) is 59.9 Å². The molecule has 12 heteroatoms. The van der Waals surface area contributed by atoms with Crippen molar-refractivity contribution in [3.8, 4) is 11.3 Å². The highest BCUT2D eigenvalue weighted by Gasteiger charge is 2.32. The molecule has 1 atom stereocenters. The van der Waals surface area contributed by atoms with Crippen molar-refractivity contribution in [1.82, 2.24) is 40.3 Å². The summed E-state index contributed by atoms with van der Waals surface area (Å²) in [5, 5.41) is 23.6. The van der Waals surface area contributed by atoms with Crippen molar-refractivity contribution in [2.75, 3.05) is 55.4 Å².